The summed E-state index contributed by atoms with van der Waals surface area (Å²) < 4.78 is 21.9. The molecule has 4 nitrogen and oxygen atoms in total. The number of sulfone groups is 1. The van der Waals surface area contributed by atoms with E-state index in [1.54, 1.807) is 6.20 Å². The van der Waals surface area contributed by atoms with Crippen molar-refractivity contribution in [2.45, 2.75) is 24.3 Å². The second kappa shape index (κ2) is 6.37. The van der Waals surface area contributed by atoms with Gasteiger partial charge in [-0.3, -0.25) is 4.98 Å². The van der Waals surface area contributed by atoms with Gasteiger partial charge in [-0.05, 0) is 18.6 Å². The van der Waals surface area contributed by atoms with Crippen molar-refractivity contribution in [3.05, 3.63) is 24.0 Å². The maximum absolute atomic E-state index is 11.0. The van der Waals surface area contributed by atoms with Crippen LogP contribution in [0, 0.1) is 0 Å². The molecule has 0 bridgehead atoms. The third kappa shape index (κ3) is 5.52. The predicted molar refractivity (Wildman–Crippen MR) is 71.9 cm³/mol. The quantitative estimate of drug-likeness (QED) is 0.798. The van der Waals surface area contributed by atoms with E-state index in [1.165, 1.54) is 18.0 Å². The van der Waals surface area contributed by atoms with Gasteiger partial charge >= 0.3 is 0 Å². The SMILES string of the molecule is CC[C@@H](N)c1ccc(SCCS(C)(=O)=O)cn1. The molecule has 0 aliphatic rings. The molecule has 0 amide bonds. The van der Waals surface area contributed by atoms with E-state index in [-0.39, 0.29) is 11.8 Å². The summed E-state index contributed by atoms with van der Waals surface area (Å²) in [6.07, 6.45) is 3.85. The van der Waals surface area contributed by atoms with Crippen LogP contribution < -0.4 is 5.73 Å². The van der Waals surface area contributed by atoms with Crippen molar-refractivity contribution in [1.82, 2.24) is 4.98 Å². The number of hydrogen-bond acceptors (Lipinski definition) is 5. The van der Waals surface area contributed by atoms with Gasteiger partial charge in [0.15, 0.2) is 0 Å². The van der Waals surface area contributed by atoms with Crippen LogP contribution in [0.5, 0.6) is 0 Å². The minimum atomic E-state index is -2.88. The lowest BCUT2D eigenvalue weighted by molar-refractivity contribution is 0.603. The molecule has 1 heterocycles. The molecule has 0 fully saturated rings. The summed E-state index contributed by atoms with van der Waals surface area (Å²) in [4.78, 5) is 5.24. The Balaban J connectivity index is 2.51. The lowest BCUT2D eigenvalue weighted by Gasteiger charge is -2.08. The van der Waals surface area contributed by atoms with Crippen molar-refractivity contribution >= 4 is 21.6 Å². The largest absolute Gasteiger partial charge is 0.323 e. The monoisotopic (exact) mass is 274 g/mol. The molecule has 6 heteroatoms. The fourth-order valence-electron chi connectivity index (χ4n) is 1.22. The van der Waals surface area contributed by atoms with Gasteiger partial charge in [-0.1, -0.05) is 6.92 Å². The first kappa shape index (κ1) is 14.5. The molecule has 0 aliphatic heterocycles. The molecule has 1 atom stereocenters. The molecule has 0 aliphatic carbocycles. The number of pyridine rings is 1. The van der Waals surface area contributed by atoms with Crippen LogP contribution >= 0.6 is 11.8 Å². The summed E-state index contributed by atoms with van der Waals surface area (Å²) >= 11 is 1.49. The zero-order chi connectivity index (χ0) is 12.9. The highest BCUT2D eigenvalue weighted by atomic mass is 32.2. The average Bonchev–Trinajstić information content (AvgIpc) is 2.27. The van der Waals surface area contributed by atoms with Gasteiger partial charge in [-0.2, -0.15) is 0 Å². The van der Waals surface area contributed by atoms with Crippen LogP contribution in [-0.4, -0.2) is 31.2 Å². The number of thioether (sulfide) groups is 1. The van der Waals surface area contributed by atoms with E-state index in [0.29, 0.717) is 5.75 Å². The lowest BCUT2D eigenvalue weighted by Crippen LogP contribution is -2.10. The van der Waals surface area contributed by atoms with E-state index in [1.807, 2.05) is 19.1 Å². The number of aromatic nitrogens is 1. The molecular formula is C11H18N2O2S2. The average molecular weight is 274 g/mol. The predicted octanol–water partition coefficient (Wildman–Crippen LogP) is 1.63. The Hall–Kier alpha value is -0.590. The Morgan fingerprint density at radius 2 is 2.18 bits per heavy atom. The van der Waals surface area contributed by atoms with Crippen molar-refractivity contribution < 1.29 is 8.42 Å². The van der Waals surface area contributed by atoms with Gasteiger partial charge < -0.3 is 5.73 Å². The smallest absolute Gasteiger partial charge is 0.148 e. The molecule has 0 saturated carbocycles. The molecule has 2 N–H and O–H groups in total. The van der Waals surface area contributed by atoms with Crippen LogP contribution in [0.4, 0.5) is 0 Å². The highest BCUT2D eigenvalue weighted by Gasteiger charge is 2.06. The Kier molecular flexibility index (Phi) is 5.42. The third-order valence-corrected chi connectivity index (χ3v) is 4.49. The molecule has 0 saturated heterocycles. The first-order valence-corrected chi connectivity index (χ1v) is 8.49. The van der Waals surface area contributed by atoms with Crippen LogP contribution in [0.3, 0.4) is 0 Å². The van der Waals surface area contributed by atoms with Crippen LogP contribution in [-0.2, 0) is 9.84 Å². The molecule has 0 unspecified atom stereocenters. The van der Waals surface area contributed by atoms with Crippen molar-refractivity contribution in [2.24, 2.45) is 5.73 Å². The second-order valence-corrected chi connectivity index (χ2v) is 7.34. The standard InChI is InChI=1S/C11H18N2O2S2/c1-3-10(12)11-5-4-9(8-13-11)16-6-7-17(2,14)15/h4-5,8,10H,3,6-7,12H2,1-2H3/t10-/m1/s1. The maximum Gasteiger partial charge on any atom is 0.148 e. The number of hydrogen-bond donors (Lipinski definition) is 1. The first-order chi connectivity index (χ1) is 7.92. The lowest BCUT2D eigenvalue weighted by atomic mass is 10.1. The van der Waals surface area contributed by atoms with Crippen molar-refractivity contribution in [2.75, 3.05) is 17.8 Å². The number of rotatable bonds is 6. The topological polar surface area (TPSA) is 73.1 Å². The van der Waals surface area contributed by atoms with Crippen LogP contribution in [0.2, 0.25) is 0 Å². The van der Waals surface area contributed by atoms with Gasteiger partial charge in [-0.25, -0.2) is 8.42 Å². The fraction of sp³-hybridized carbons (Fsp3) is 0.545. The van der Waals surface area contributed by atoms with E-state index in [2.05, 4.69) is 4.98 Å². The maximum atomic E-state index is 11.0. The van der Waals surface area contributed by atoms with Crippen LogP contribution in [0.25, 0.3) is 0 Å². The number of nitrogens with zero attached hydrogens (tertiary/aromatic N) is 1. The Morgan fingerprint density at radius 3 is 2.65 bits per heavy atom. The molecule has 0 aromatic carbocycles. The Morgan fingerprint density at radius 1 is 1.47 bits per heavy atom. The molecule has 1 rings (SSSR count). The molecule has 17 heavy (non-hydrogen) atoms. The van der Waals surface area contributed by atoms with E-state index in [9.17, 15) is 8.42 Å². The van der Waals surface area contributed by atoms with Crippen LogP contribution in [0.15, 0.2) is 23.2 Å². The minimum absolute atomic E-state index is 0.0231. The van der Waals surface area contributed by atoms with E-state index >= 15 is 0 Å². The van der Waals surface area contributed by atoms with Crippen molar-refractivity contribution in [3.63, 3.8) is 0 Å². The fourth-order valence-corrected chi connectivity index (χ4v) is 3.29. The highest BCUT2D eigenvalue weighted by molar-refractivity contribution is 8.00. The van der Waals surface area contributed by atoms with Crippen molar-refractivity contribution in [3.8, 4) is 0 Å². The van der Waals surface area contributed by atoms with E-state index in [0.717, 1.165) is 17.0 Å². The van der Waals surface area contributed by atoms with Gasteiger partial charge in [-0.15, -0.1) is 11.8 Å². The van der Waals surface area contributed by atoms with Gasteiger partial charge in [0, 0.05) is 29.1 Å². The molecule has 1 aromatic rings. The summed E-state index contributed by atoms with van der Waals surface area (Å²) in [6, 6.07) is 3.81. The molecule has 1 aromatic heterocycles. The van der Waals surface area contributed by atoms with Gasteiger partial charge in [0.1, 0.15) is 9.84 Å². The molecule has 96 valence electrons. The van der Waals surface area contributed by atoms with E-state index in [4.69, 9.17) is 5.73 Å². The Labute approximate surface area is 107 Å². The Bertz CT molecular complexity index is 443. The normalized spacial score (nSPS) is 13.6. The third-order valence-electron chi connectivity index (χ3n) is 2.30. The minimum Gasteiger partial charge on any atom is -0.323 e. The van der Waals surface area contributed by atoms with E-state index < -0.39 is 9.84 Å². The van der Waals surface area contributed by atoms with Gasteiger partial charge in [0.05, 0.1) is 11.4 Å². The summed E-state index contributed by atoms with van der Waals surface area (Å²) in [6.45, 7) is 2.01. The molecule has 0 spiro atoms. The van der Waals surface area contributed by atoms with Crippen LogP contribution in [0.1, 0.15) is 25.1 Å². The summed E-state index contributed by atoms with van der Waals surface area (Å²) in [5, 5.41) is 0. The zero-order valence-electron chi connectivity index (χ0n) is 10.1. The summed E-state index contributed by atoms with van der Waals surface area (Å²) in [7, 11) is -2.88. The summed E-state index contributed by atoms with van der Waals surface area (Å²) in [5.41, 5.74) is 6.73. The van der Waals surface area contributed by atoms with Gasteiger partial charge in [0.25, 0.3) is 0 Å². The first-order valence-electron chi connectivity index (χ1n) is 5.44. The van der Waals surface area contributed by atoms with Gasteiger partial charge in [0.2, 0.25) is 0 Å². The molecule has 0 radical (unpaired) electrons. The number of nitrogens with two attached hydrogens (primary N) is 1. The second-order valence-electron chi connectivity index (χ2n) is 3.91. The zero-order valence-corrected chi connectivity index (χ0v) is 11.7. The molecular weight excluding hydrogens is 256 g/mol. The highest BCUT2D eigenvalue weighted by Crippen LogP contribution is 2.19. The van der Waals surface area contributed by atoms with Crippen molar-refractivity contribution in [1.29, 1.82) is 0 Å². The summed E-state index contributed by atoms with van der Waals surface area (Å²) in [5.74, 6) is 0.744.